The van der Waals surface area contributed by atoms with E-state index in [-0.39, 0.29) is 17.5 Å². The van der Waals surface area contributed by atoms with Crippen LogP contribution in [0.3, 0.4) is 0 Å². The van der Waals surface area contributed by atoms with E-state index < -0.39 is 9.84 Å². The summed E-state index contributed by atoms with van der Waals surface area (Å²) in [6, 6.07) is 8.65. The summed E-state index contributed by atoms with van der Waals surface area (Å²) in [7, 11) is -3.17. The highest BCUT2D eigenvalue weighted by molar-refractivity contribution is 7.92. The molecule has 1 saturated carbocycles. The first kappa shape index (κ1) is 9.36. The molecule has 1 aliphatic carbocycles. The van der Waals surface area contributed by atoms with Crippen molar-refractivity contribution in [2.45, 2.75) is 35.2 Å². The molecule has 1 aromatic rings. The Morgan fingerprint density at radius 2 is 1.87 bits per heavy atom. The fraction of sp³-hybridized carbons (Fsp3) is 0.455. The minimum atomic E-state index is -3.17. The molecule has 4 heteroatoms. The van der Waals surface area contributed by atoms with Crippen LogP contribution in [0.15, 0.2) is 35.2 Å². The number of sulfone groups is 1. The molecular weight excluding hydrogens is 212 g/mol. The van der Waals surface area contributed by atoms with Crippen molar-refractivity contribution in [1.29, 1.82) is 0 Å². The molecule has 15 heavy (non-hydrogen) atoms. The summed E-state index contributed by atoms with van der Waals surface area (Å²) >= 11 is 0. The van der Waals surface area contributed by atoms with Crippen LogP contribution >= 0.6 is 0 Å². The van der Waals surface area contributed by atoms with Crippen molar-refractivity contribution in [1.82, 2.24) is 0 Å². The maximum atomic E-state index is 12.2. The molecule has 3 nitrogen and oxygen atoms in total. The highest BCUT2D eigenvalue weighted by Gasteiger charge is 2.55. The topological polar surface area (TPSA) is 46.7 Å². The van der Waals surface area contributed by atoms with Crippen molar-refractivity contribution in [3.8, 4) is 0 Å². The van der Waals surface area contributed by atoms with Gasteiger partial charge in [-0.3, -0.25) is 0 Å². The molecule has 0 bridgehead atoms. The number of epoxide rings is 1. The first-order chi connectivity index (χ1) is 7.19. The molecule has 2 fully saturated rings. The second kappa shape index (κ2) is 3.06. The Morgan fingerprint density at radius 3 is 2.40 bits per heavy atom. The first-order valence-corrected chi connectivity index (χ1v) is 6.68. The van der Waals surface area contributed by atoms with E-state index in [2.05, 4.69) is 0 Å². The van der Waals surface area contributed by atoms with Crippen LogP contribution in [0, 0.1) is 0 Å². The standard InChI is InChI=1S/C11H12O3S/c12-15(13,8-4-2-1-3-5-8)10-7-6-9-11(10)14-9/h1-5,9-11H,6-7H2/t9-,10-,11-/m0/s1. The molecule has 1 aliphatic heterocycles. The lowest BCUT2D eigenvalue weighted by atomic mass is 10.3. The van der Waals surface area contributed by atoms with Crippen molar-refractivity contribution < 1.29 is 13.2 Å². The van der Waals surface area contributed by atoms with Gasteiger partial charge in [-0.1, -0.05) is 18.2 Å². The fourth-order valence-electron chi connectivity index (χ4n) is 2.33. The van der Waals surface area contributed by atoms with Gasteiger partial charge < -0.3 is 4.74 Å². The SMILES string of the molecule is O=S(=O)(c1ccccc1)[C@H]1CC[C@@H]2O[C@@H]21. The quantitative estimate of drug-likeness (QED) is 0.713. The first-order valence-electron chi connectivity index (χ1n) is 5.14. The summed E-state index contributed by atoms with van der Waals surface area (Å²) in [4.78, 5) is 0.422. The Labute approximate surface area is 89.0 Å². The molecule has 0 unspecified atom stereocenters. The van der Waals surface area contributed by atoms with Gasteiger partial charge in [0.05, 0.1) is 16.2 Å². The van der Waals surface area contributed by atoms with Gasteiger partial charge in [0.15, 0.2) is 9.84 Å². The summed E-state index contributed by atoms with van der Waals surface area (Å²) in [5.74, 6) is 0. The molecule has 1 aromatic carbocycles. The van der Waals surface area contributed by atoms with Crippen LogP contribution in [0.25, 0.3) is 0 Å². The fourth-order valence-corrected chi connectivity index (χ4v) is 4.25. The van der Waals surface area contributed by atoms with Gasteiger partial charge >= 0.3 is 0 Å². The lowest BCUT2D eigenvalue weighted by Gasteiger charge is -2.11. The van der Waals surface area contributed by atoms with Gasteiger partial charge in [0.2, 0.25) is 0 Å². The maximum absolute atomic E-state index is 12.2. The third-order valence-electron chi connectivity index (χ3n) is 3.19. The lowest BCUT2D eigenvalue weighted by molar-refractivity contribution is 0.322. The second-order valence-electron chi connectivity index (χ2n) is 4.11. The minimum absolute atomic E-state index is 0.0322. The molecule has 1 heterocycles. The molecule has 1 saturated heterocycles. The summed E-state index contributed by atoms with van der Waals surface area (Å²) in [5.41, 5.74) is 0. The van der Waals surface area contributed by atoms with Crippen molar-refractivity contribution in [3.05, 3.63) is 30.3 Å². The van der Waals surface area contributed by atoms with E-state index in [0.717, 1.165) is 12.8 Å². The van der Waals surface area contributed by atoms with Crippen LogP contribution < -0.4 is 0 Å². The van der Waals surface area contributed by atoms with Crippen molar-refractivity contribution in [2.24, 2.45) is 0 Å². The largest absolute Gasteiger partial charge is 0.368 e. The predicted molar refractivity (Wildman–Crippen MR) is 55.3 cm³/mol. The van der Waals surface area contributed by atoms with E-state index in [1.54, 1.807) is 24.3 Å². The van der Waals surface area contributed by atoms with Gasteiger partial charge in [-0.15, -0.1) is 0 Å². The van der Waals surface area contributed by atoms with Crippen molar-refractivity contribution in [2.75, 3.05) is 0 Å². The molecule has 0 amide bonds. The molecule has 3 atom stereocenters. The van der Waals surface area contributed by atoms with Gasteiger partial charge in [-0.05, 0) is 25.0 Å². The number of hydrogen-bond acceptors (Lipinski definition) is 3. The summed E-state index contributed by atoms with van der Waals surface area (Å²) in [5, 5.41) is -0.315. The smallest absolute Gasteiger partial charge is 0.183 e. The number of fused-ring (bicyclic) bond motifs is 1. The average Bonchev–Trinajstić information content (AvgIpc) is 2.90. The Kier molecular flexibility index (Phi) is 1.91. The van der Waals surface area contributed by atoms with Gasteiger partial charge in [0, 0.05) is 0 Å². The van der Waals surface area contributed by atoms with E-state index >= 15 is 0 Å². The Hall–Kier alpha value is -0.870. The van der Waals surface area contributed by atoms with Crippen LogP contribution in [0.1, 0.15) is 12.8 Å². The second-order valence-corrected chi connectivity index (χ2v) is 6.28. The third-order valence-corrected chi connectivity index (χ3v) is 5.42. The lowest BCUT2D eigenvalue weighted by Crippen LogP contribution is -2.24. The molecule has 80 valence electrons. The Bertz CT molecular complexity index is 466. The molecule has 0 N–H and O–H groups in total. The molecule has 0 radical (unpaired) electrons. The molecule has 2 aliphatic rings. The summed E-state index contributed by atoms with van der Waals surface area (Å²) in [6.07, 6.45) is 1.82. The zero-order valence-corrected chi connectivity index (χ0v) is 8.98. The third kappa shape index (κ3) is 1.40. The summed E-state index contributed by atoms with van der Waals surface area (Å²) in [6.45, 7) is 0. The van der Waals surface area contributed by atoms with E-state index in [4.69, 9.17) is 4.74 Å². The minimum Gasteiger partial charge on any atom is -0.368 e. The number of ether oxygens (including phenoxy) is 1. The van der Waals surface area contributed by atoms with Crippen LogP contribution in [0.5, 0.6) is 0 Å². The van der Waals surface area contributed by atoms with Crippen LogP contribution in [0.2, 0.25) is 0 Å². The van der Waals surface area contributed by atoms with Crippen LogP contribution in [0.4, 0.5) is 0 Å². The monoisotopic (exact) mass is 224 g/mol. The molecular formula is C11H12O3S. The van der Waals surface area contributed by atoms with Gasteiger partial charge in [0.1, 0.15) is 6.10 Å². The highest BCUT2D eigenvalue weighted by Crippen LogP contribution is 2.43. The molecule has 0 spiro atoms. The normalized spacial score (nSPS) is 33.7. The van der Waals surface area contributed by atoms with Gasteiger partial charge in [0.25, 0.3) is 0 Å². The molecule has 3 rings (SSSR count). The number of rotatable bonds is 2. The van der Waals surface area contributed by atoms with Crippen LogP contribution in [-0.2, 0) is 14.6 Å². The predicted octanol–water partition coefficient (Wildman–Crippen LogP) is 1.39. The van der Waals surface area contributed by atoms with Crippen molar-refractivity contribution in [3.63, 3.8) is 0 Å². The van der Waals surface area contributed by atoms with E-state index in [0.29, 0.717) is 4.90 Å². The van der Waals surface area contributed by atoms with Crippen molar-refractivity contribution >= 4 is 9.84 Å². The van der Waals surface area contributed by atoms with Gasteiger partial charge in [-0.25, -0.2) is 8.42 Å². The summed E-state index contributed by atoms with van der Waals surface area (Å²) < 4.78 is 29.7. The average molecular weight is 224 g/mol. The number of hydrogen-bond donors (Lipinski definition) is 0. The van der Waals surface area contributed by atoms with E-state index in [1.165, 1.54) is 0 Å². The van der Waals surface area contributed by atoms with Gasteiger partial charge in [-0.2, -0.15) is 0 Å². The van der Waals surface area contributed by atoms with E-state index in [9.17, 15) is 8.42 Å². The highest BCUT2D eigenvalue weighted by atomic mass is 32.2. The Morgan fingerprint density at radius 1 is 1.13 bits per heavy atom. The molecule has 0 aromatic heterocycles. The maximum Gasteiger partial charge on any atom is 0.183 e. The number of benzene rings is 1. The Balaban J connectivity index is 1.97. The zero-order valence-electron chi connectivity index (χ0n) is 8.17. The zero-order chi connectivity index (χ0) is 10.5. The van der Waals surface area contributed by atoms with Crippen LogP contribution in [-0.4, -0.2) is 25.9 Å². The van der Waals surface area contributed by atoms with E-state index in [1.807, 2.05) is 6.07 Å².